The maximum absolute atomic E-state index is 5.63. The van der Waals surface area contributed by atoms with Crippen LogP contribution in [0.1, 0.15) is 37.7 Å². The smallest absolute Gasteiger partial charge is 0.0534 e. The molecule has 0 spiro atoms. The zero-order chi connectivity index (χ0) is 12.1. The molecule has 0 bridgehead atoms. The van der Waals surface area contributed by atoms with E-state index in [-0.39, 0.29) is 0 Å². The first-order valence-corrected chi connectivity index (χ1v) is 6.71. The molecule has 4 nitrogen and oxygen atoms in total. The number of hydrogen-bond donors (Lipinski definition) is 1. The van der Waals surface area contributed by atoms with Gasteiger partial charge in [-0.1, -0.05) is 12.8 Å². The van der Waals surface area contributed by atoms with Gasteiger partial charge in [-0.25, -0.2) is 0 Å². The summed E-state index contributed by atoms with van der Waals surface area (Å²) in [6, 6.07) is 0.766. The molecule has 0 radical (unpaired) electrons. The van der Waals surface area contributed by atoms with Crippen LogP contribution in [0, 0.1) is 0 Å². The Labute approximate surface area is 104 Å². The van der Waals surface area contributed by atoms with Gasteiger partial charge < -0.3 is 5.73 Å². The van der Waals surface area contributed by atoms with Gasteiger partial charge in [0.05, 0.1) is 6.20 Å². The molecule has 0 saturated heterocycles. The Balaban J connectivity index is 1.94. The van der Waals surface area contributed by atoms with Gasteiger partial charge >= 0.3 is 0 Å². The fourth-order valence-corrected chi connectivity index (χ4v) is 2.74. The molecule has 0 atom stereocenters. The average Bonchev–Trinajstić information content (AvgIpc) is 2.95. The number of nitrogens with zero attached hydrogens (tertiary/aromatic N) is 3. The molecule has 1 aliphatic carbocycles. The van der Waals surface area contributed by atoms with Crippen molar-refractivity contribution in [2.75, 3.05) is 13.1 Å². The second-order valence-corrected chi connectivity index (χ2v) is 5.07. The lowest BCUT2D eigenvalue weighted by Gasteiger charge is -2.28. The summed E-state index contributed by atoms with van der Waals surface area (Å²) in [4.78, 5) is 2.59. The van der Waals surface area contributed by atoms with Crippen LogP contribution in [0.5, 0.6) is 0 Å². The third-order valence-corrected chi connectivity index (χ3v) is 3.63. The van der Waals surface area contributed by atoms with Crippen LogP contribution in [-0.4, -0.2) is 33.8 Å². The average molecular weight is 236 g/mol. The summed E-state index contributed by atoms with van der Waals surface area (Å²) < 4.78 is 1.88. The molecular formula is C13H24N4. The summed E-state index contributed by atoms with van der Waals surface area (Å²) >= 11 is 0. The zero-order valence-corrected chi connectivity index (χ0v) is 10.8. The van der Waals surface area contributed by atoms with Crippen molar-refractivity contribution in [1.82, 2.24) is 14.7 Å². The van der Waals surface area contributed by atoms with E-state index in [2.05, 4.69) is 16.2 Å². The van der Waals surface area contributed by atoms with E-state index in [1.807, 2.05) is 17.9 Å². The second-order valence-electron chi connectivity index (χ2n) is 5.07. The van der Waals surface area contributed by atoms with Crippen LogP contribution in [0.15, 0.2) is 12.4 Å². The molecule has 0 amide bonds. The van der Waals surface area contributed by atoms with E-state index >= 15 is 0 Å². The summed E-state index contributed by atoms with van der Waals surface area (Å²) in [5.74, 6) is 0. The Morgan fingerprint density at radius 3 is 2.82 bits per heavy atom. The van der Waals surface area contributed by atoms with Gasteiger partial charge in [0.25, 0.3) is 0 Å². The van der Waals surface area contributed by atoms with Crippen LogP contribution in [0.3, 0.4) is 0 Å². The van der Waals surface area contributed by atoms with Gasteiger partial charge in [-0.3, -0.25) is 9.58 Å². The lowest BCUT2D eigenvalue weighted by Crippen LogP contribution is -2.34. The molecule has 0 unspecified atom stereocenters. The van der Waals surface area contributed by atoms with E-state index in [4.69, 9.17) is 5.73 Å². The lowest BCUT2D eigenvalue weighted by atomic mass is 10.1. The Hall–Kier alpha value is -0.870. The molecule has 1 aliphatic rings. The van der Waals surface area contributed by atoms with Gasteiger partial charge in [-0.05, 0) is 32.4 Å². The highest BCUT2D eigenvalue weighted by atomic mass is 15.2. The van der Waals surface area contributed by atoms with Gasteiger partial charge in [0.15, 0.2) is 0 Å². The summed E-state index contributed by atoms with van der Waals surface area (Å²) in [7, 11) is 1.98. The first-order valence-electron chi connectivity index (χ1n) is 6.71. The summed E-state index contributed by atoms with van der Waals surface area (Å²) in [6.45, 7) is 2.94. The van der Waals surface area contributed by atoms with Gasteiger partial charge in [-0.15, -0.1) is 0 Å². The van der Waals surface area contributed by atoms with Gasteiger partial charge in [0.1, 0.15) is 0 Å². The van der Waals surface area contributed by atoms with Gasteiger partial charge in [0.2, 0.25) is 0 Å². The van der Waals surface area contributed by atoms with E-state index in [9.17, 15) is 0 Å². The Morgan fingerprint density at radius 2 is 2.24 bits per heavy atom. The Morgan fingerprint density at radius 1 is 1.47 bits per heavy atom. The number of aryl methyl sites for hydroxylation is 1. The van der Waals surface area contributed by atoms with E-state index < -0.39 is 0 Å². The van der Waals surface area contributed by atoms with Crippen LogP contribution < -0.4 is 5.73 Å². The van der Waals surface area contributed by atoms with Crippen LogP contribution >= 0.6 is 0 Å². The van der Waals surface area contributed by atoms with Gasteiger partial charge in [0, 0.05) is 31.4 Å². The van der Waals surface area contributed by atoms with Crippen LogP contribution in [0.2, 0.25) is 0 Å². The largest absolute Gasteiger partial charge is 0.330 e. The molecular weight excluding hydrogens is 212 g/mol. The van der Waals surface area contributed by atoms with Gasteiger partial charge in [-0.2, -0.15) is 5.10 Å². The molecule has 96 valence electrons. The molecule has 1 fully saturated rings. The molecule has 1 aromatic rings. The Bertz CT molecular complexity index is 328. The minimum Gasteiger partial charge on any atom is -0.330 e. The monoisotopic (exact) mass is 236 g/mol. The molecule has 4 heteroatoms. The highest BCUT2D eigenvalue weighted by Gasteiger charge is 2.22. The van der Waals surface area contributed by atoms with Crippen molar-refractivity contribution >= 4 is 0 Å². The zero-order valence-electron chi connectivity index (χ0n) is 10.8. The van der Waals surface area contributed by atoms with Crippen molar-refractivity contribution in [3.8, 4) is 0 Å². The number of nitrogens with two attached hydrogens (primary N) is 1. The maximum atomic E-state index is 5.63. The van der Waals surface area contributed by atoms with Crippen molar-refractivity contribution in [3.05, 3.63) is 18.0 Å². The second kappa shape index (κ2) is 6.17. The standard InChI is InChI=1S/C13H24N4/c1-16-10-12(9-15-16)11-17(8-4-7-14)13-5-2-3-6-13/h9-10,13H,2-8,11,14H2,1H3. The fraction of sp³-hybridized carbons (Fsp3) is 0.769. The summed E-state index contributed by atoms with van der Waals surface area (Å²) in [5, 5.41) is 4.24. The minimum absolute atomic E-state index is 0.766. The molecule has 2 rings (SSSR count). The first kappa shape index (κ1) is 12.6. The van der Waals surface area contributed by atoms with Crippen LogP contribution in [0.25, 0.3) is 0 Å². The highest BCUT2D eigenvalue weighted by Crippen LogP contribution is 2.24. The normalized spacial score (nSPS) is 17.1. The number of aromatic nitrogens is 2. The predicted molar refractivity (Wildman–Crippen MR) is 69.5 cm³/mol. The Kier molecular flexibility index (Phi) is 4.57. The topological polar surface area (TPSA) is 47.1 Å². The number of rotatable bonds is 6. The van der Waals surface area contributed by atoms with Crippen molar-refractivity contribution in [3.63, 3.8) is 0 Å². The van der Waals surface area contributed by atoms with Crippen molar-refractivity contribution < 1.29 is 0 Å². The van der Waals surface area contributed by atoms with Crippen LogP contribution in [0.4, 0.5) is 0 Å². The molecule has 1 heterocycles. The lowest BCUT2D eigenvalue weighted by molar-refractivity contribution is 0.188. The predicted octanol–water partition coefficient (Wildman–Crippen LogP) is 1.51. The molecule has 17 heavy (non-hydrogen) atoms. The van der Waals surface area contributed by atoms with E-state index in [0.717, 1.165) is 32.1 Å². The van der Waals surface area contributed by atoms with Crippen molar-refractivity contribution in [2.45, 2.75) is 44.7 Å². The molecule has 0 aromatic carbocycles. The highest BCUT2D eigenvalue weighted by molar-refractivity contribution is 5.04. The quantitative estimate of drug-likeness (QED) is 0.814. The number of hydrogen-bond acceptors (Lipinski definition) is 3. The fourth-order valence-electron chi connectivity index (χ4n) is 2.74. The summed E-state index contributed by atoms with van der Waals surface area (Å²) in [5.41, 5.74) is 6.95. The molecule has 1 saturated carbocycles. The van der Waals surface area contributed by atoms with Crippen molar-refractivity contribution in [2.24, 2.45) is 12.8 Å². The SMILES string of the molecule is Cn1cc(CN(CCCN)C2CCCC2)cn1. The third-order valence-electron chi connectivity index (χ3n) is 3.63. The first-order chi connectivity index (χ1) is 8.29. The third kappa shape index (κ3) is 3.54. The molecule has 1 aromatic heterocycles. The van der Waals surface area contributed by atoms with E-state index in [0.29, 0.717) is 0 Å². The molecule has 2 N–H and O–H groups in total. The van der Waals surface area contributed by atoms with E-state index in [1.165, 1.54) is 31.2 Å². The van der Waals surface area contributed by atoms with Crippen molar-refractivity contribution in [1.29, 1.82) is 0 Å². The maximum Gasteiger partial charge on any atom is 0.0534 e. The minimum atomic E-state index is 0.766. The molecule has 0 aliphatic heterocycles. The summed E-state index contributed by atoms with van der Waals surface area (Å²) in [6.07, 6.45) is 10.7. The van der Waals surface area contributed by atoms with Crippen LogP contribution in [-0.2, 0) is 13.6 Å². The van der Waals surface area contributed by atoms with E-state index in [1.54, 1.807) is 0 Å².